The third-order valence-electron chi connectivity index (χ3n) is 3.63. The maximum atomic E-state index is 4.83. The van der Waals surface area contributed by atoms with Gasteiger partial charge in [0.1, 0.15) is 0 Å². The molecule has 2 heterocycles. The molecule has 0 radical (unpaired) electrons. The van der Waals surface area contributed by atoms with Crippen molar-refractivity contribution < 1.29 is 0 Å². The van der Waals surface area contributed by atoms with Crippen molar-refractivity contribution in [1.82, 2.24) is 15.0 Å². The third kappa shape index (κ3) is 3.39. The molecule has 1 aromatic carbocycles. The van der Waals surface area contributed by atoms with Crippen LogP contribution < -0.4 is 0 Å². The van der Waals surface area contributed by atoms with Crippen LogP contribution in [0.3, 0.4) is 0 Å². The van der Waals surface area contributed by atoms with Crippen LogP contribution in [0.5, 0.6) is 0 Å². The molecular formula is C18H16BrN3. The van der Waals surface area contributed by atoms with Gasteiger partial charge in [0.15, 0.2) is 0 Å². The summed E-state index contributed by atoms with van der Waals surface area (Å²) in [5, 5.41) is 0. The monoisotopic (exact) mass is 353 g/mol. The van der Waals surface area contributed by atoms with Crippen molar-refractivity contribution in [1.29, 1.82) is 0 Å². The summed E-state index contributed by atoms with van der Waals surface area (Å²) in [5.74, 6) is 0.122. The maximum Gasteiger partial charge on any atom is 0.0674 e. The fourth-order valence-corrected chi connectivity index (χ4v) is 2.70. The summed E-state index contributed by atoms with van der Waals surface area (Å²) in [4.78, 5) is 13.3. The van der Waals surface area contributed by atoms with Gasteiger partial charge in [-0.25, -0.2) is 0 Å². The zero-order chi connectivity index (χ0) is 15.4. The van der Waals surface area contributed by atoms with Crippen molar-refractivity contribution in [2.75, 3.05) is 0 Å². The first-order chi connectivity index (χ1) is 10.7. The quantitative estimate of drug-likeness (QED) is 0.698. The number of aromatic nitrogens is 3. The summed E-state index contributed by atoms with van der Waals surface area (Å²) < 4.78 is 1.03. The number of pyridine rings is 1. The summed E-state index contributed by atoms with van der Waals surface area (Å²) in [6, 6.07) is 14.5. The minimum absolute atomic E-state index is 0.122. The van der Waals surface area contributed by atoms with Gasteiger partial charge in [-0.1, -0.05) is 37.3 Å². The van der Waals surface area contributed by atoms with E-state index in [9.17, 15) is 0 Å². The van der Waals surface area contributed by atoms with Gasteiger partial charge >= 0.3 is 0 Å². The summed E-state index contributed by atoms with van der Waals surface area (Å²) in [7, 11) is 0. The Morgan fingerprint density at radius 1 is 1.00 bits per heavy atom. The number of hydrogen-bond acceptors (Lipinski definition) is 3. The van der Waals surface area contributed by atoms with E-state index in [0.717, 1.165) is 28.0 Å². The highest BCUT2D eigenvalue weighted by Gasteiger charge is 2.13. The van der Waals surface area contributed by atoms with Crippen LogP contribution in [0.1, 0.15) is 35.5 Å². The standard InChI is InChI=1S/C18H16BrN3/c1-13(18-12-20-9-10-21-18)16-8-7-15(19)17(22-16)11-14-5-3-2-4-6-14/h2-10,12-13H,11H2,1H3. The van der Waals surface area contributed by atoms with Gasteiger partial charge in [0.05, 0.1) is 11.4 Å². The topological polar surface area (TPSA) is 38.7 Å². The average molecular weight is 354 g/mol. The van der Waals surface area contributed by atoms with E-state index in [0.29, 0.717) is 0 Å². The molecule has 3 aromatic rings. The zero-order valence-corrected chi connectivity index (χ0v) is 13.9. The van der Waals surface area contributed by atoms with Gasteiger partial charge in [-0.2, -0.15) is 0 Å². The van der Waals surface area contributed by atoms with Crippen molar-refractivity contribution >= 4 is 15.9 Å². The fourth-order valence-electron chi connectivity index (χ4n) is 2.34. The molecular weight excluding hydrogens is 338 g/mol. The van der Waals surface area contributed by atoms with Crippen LogP contribution in [-0.2, 0) is 6.42 Å². The number of nitrogens with zero attached hydrogens (tertiary/aromatic N) is 3. The minimum Gasteiger partial charge on any atom is -0.261 e. The zero-order valence-electron chi connectivity index (χ0n) is 12.3. The number of benzene rings is 1. The van der Waals surface area contributed by atoms with Crippen LogP contribution in [0.15, 0.2) is 65.5 Å². The molecule has 4 heteroatoms. The molecule has 110 valence electrons. The molecule has 3 rings (SSSR count). The molecule has 0 aliphatic heterocycles. The first kappa shape index (κ1) is 14.9. The molecule has 0 spiro atoms. The van der Waals surface area contributed by atoms with Crippen LogP contribution in [0.2, 0.25) is 0 Å². The van der Waals surface area contributed by atoms with Crippen LogP contribution in [0.4, 0.5) is 0 Å². The van der Waals surface area contributed by atoms with Gasteiger partial charge in [-0.15, -0.1) is 0 Å². The van der Waals surface area contributed by atoms with Gasteiger partial charge in [0.2, 0.25) is 0 Å². The van der Waals surface area contributed by atoms with Crippen molar-refractivity contribution in [3.05, 3.63) is 88.2 Å². The molecule has 0 aliphatic rings. The predicted molar refractivity (Wildman–Crippen MR) is 90.7 cm³/mol. The van der Waals surface area contributed by atoms with Crippen LogP contribution in [0, 0.1) is 0 Å². The minimum atomic E-state index is 0.122. The Balaban J connectivity index is 1.90. The highest BCUT2D eigenvalue weighted by atomic mass is 79.9. The Morgan fingerprint density at radius 2 is 1.82 bits per heavy atom. The Kier molecular flexibility index (Phi) is 4.59. The van der Waals surface area contributed by atoms with Crippen molar-refractivity contribution in [3.63, 3.8) is 0 Å². The fraction of sp³-hybridized carbons (Fsp3) is 0.167. The first-order valence-corrected chi connectivity index (χ1v) is 7.98. The van der Waals surface area contributed by atoms with E-state index in [1.165, 1.54) is 5.56 Å². The molecule has 0 amide bonds. The lowest BCUT2D eigenvalue weighted by Gasteiger charge is -2.12. The molecule has 0 bridgehead atoms. The second-order valence-electron chi connectivity index (χ2n) is 5.18. The van der Waals surface area contributed by atoms with E-state index in [2.05, 4.69) is 63.2 Å². The predicted octanol–water partition coefficient (Wildman–Crippen LogP) is 4.38. The number of rotatable bonds is 4. The highest BCUT2D eigenvalue weighted by Crippen LogP contribution is 2.25. The lowest BCUT2D eigenvalue weighted by atomic mass is 10.0. The van der Waals surface area contributed by atoms with E-state index < -0.39 is 0 Å². The summed E-state index contributed by atoms with van der Waals surface area (Å²) in [6.45, 7) is 2.10. The first-order valence-electron chi connectivity index (χ1n) is 7.19. The maximum absolute atomic E-state index is 4.83. The Morgan fingerprint density at radius 3 is 2.55 bits per heavy atom. The Labute approximate surface area is 138 Å². The molecule has 22 heavy (non-hydrogen) atoms. The van der Waals surface area contributed by atoms with Crippen LogP contribution in [-0.4, -0.2) is 15.0 Å². The average Bonchev–Trinajstić information content (AvgIpc) is 2.58. The van der Waals surface area contributed by atoms with Gasteiger partial charge in [0.25, 0.3) is 0 Å². The number of hydrogen-bond donors (Lipinski definition) is 0. The van der Waals surface area contributed by atoms with Gasteiger partial charge in [-0.3, -0.25) is 15.0 Å². The van der Waals surface area contributed by atoms with E-state index in [1.807, 2.05) is 12.1 Å². The normalized spacial score (nSPS) is 12.1. The van der Waals surface area contributed by atoms with E-state index in [4.69, 9.17) is 4.98 Å². The highest BCUT2D eigenvalue weighted by molar-refractivity contribution is 9.10. The van der Waals surface area contributed by atoms with Crippen molar-refractivity contribution in [2.24, 2.45) is 0 Å². The smallest absolute Gasteiger partial charge is 0.0674 e. The van der Waals surface area contributed by atoms with Crippen molar-refractivity contribution in [2.45, 2.75) is 19.3 Å². The largest absolute Gasteiger partial charge is 0.261 e. The SMILES string of the molecule is CC(c1cnccn1)c1ccc(Br)c(Cc2ccccc2)n1. The lowest BCUT2D eigenvalue weighted by molar-refractivity contribution is 0.808. The van der Waals surface area contributed by atoms with Crippen LogP contribution >= 0.6 is 15.9 Å². The summed E-state index contributed by atoms with van der Waals surface area (Å²) in [5.41, 5.74) is 4.23. The van der Waals surface area contributed by atoms with Gasteiger partial charge < -0.3 is 0 Å². The molecule has 0 saturated carbocycles. The second-order valence-corrected chi connectivity index (χ2v) is 6.03. The van der Waals surface area contributed by atoms with E-state index in [1.54, 1.807) is 18.6 Å². The molecule has 3 nitrogen and oxygen atoms in total. The lowest BCUT2D eigenvalue weighted by Crippen LogP contribution is -2.05. The van der Waals surface area contributed by atoms with Crippen molar-refractivity contribution in [3.8, 4) is 0 Å². The van der Waals surface area contributed by atoms with E-state index >= 15 is 0 Å². The Hall–Kier alpha value is -2.07. The second kappa shape index (κ2) is 6.79. The third-order valence-corrected chi connectivity index (χ3v) is 4.35. The summed E-state index contributed by atoms with van der Waals surface area (Å²) in [6.07, 6.45) is 6.01. The van der Waals surface area contributed by atoms with E-state index in [-0.39, 0.29) is 5.92 Å². The molecule has 0 N–H and O–H groups in total. The van der Waals surface area contributed by atoms with Gasteiger partial charge in [-0.05, 0) is 33.6 Å². The number of halogens is 1. The molecule has 1 unspecified atom stereocenters. The molecule has 1 atom stereocenters. The summed E-state index contributed by atoms with van der Waals surface area (Å²) >= 11 is 3.60. The molecule has 0 fully saturated rings. The molecule has 0 aliphatic carbocycles. The Bertz CT molecular complexity index is 745. The molecule has 2 aromatic heterocycles. The molecule has 0 saturated heterocycles. The van der Waals surface area contributed by atoms with Gasteiger partial charge in [0, 0.05) is 41.1 Å². The van der Waals surface area contributed by atoms with Crippen LogP contribution in [0.25, 0.3) is 0 Å².